The van der Waals surface area contributed by atoms with Gasteiger partial charge in [0, 0.05) is 4.74 Å². The lowest BCUT2D eigenvalue weighted by Crippen LogP contribution is -2.46. The monoisotopic (exact) mass is 344 g/mol. The largest absolute Gasteiger partial charge is 0.544 e. The summed E-state index contributed by atoms with van der Waals surface area (Å²) in [4.78, 5) is 11.3. The van der Waals surface area contributed by atoms with E-state index < -0.39 is 22.1 Å². The van der Waals surface area contributed by atoms with Crippen LogP contribution in [0.2, 0.25) is 16.6 Å². The molecule has 8 heteroatoms. The third kappa shape index (κ3) is 3.96. The van der Waals surface area contributed by atoms with E-state index in [9.17, 15) is 4.79 Å². The number of ether oxygens (including phenoxy) is 1. The first-order chi connectivity index (χ1) is 10.3. The van der Waals surface area contributed by atoms with Crippen LogP contribution < -0.4 is 5.43 Å². The Labute approximate surface area is 135 Å². The van der Waals surface area contributed by atoms with Gasteiger partial charge in [0.25, 0.3) is 13.8 Å². The van der Waals surface area contributed by atoms with Gasteiger partial charge in [-0.25, -0.2) is 10.2 Å². The van der Waals surface area contributed by atoms with Crippen molar-refractivity contribution in [3.63, 3.8) is 0 Å². The topological polar surface area (TPSA) is 72.3 Å². The van der Waals surface area contributed by atoms with Gasteiger partial charge in [-0.15, -0.1) is 5.10 Å². The van der Waals surface area contributed by atoms with Gasteiger partial charge in [0.15, 0.2) is 0 Å². The zero-order valence-electron chi connectivity index (χ0n) is 14.5. The summed E-state index contributed by atoms with van der Waals surface area (Å²) >= 11 is 0. The third-order valence-corrected chi connectivity index (χ3v) is 11.4. The summed E-state index contributed by atoms with van der Waals surface area (Å²) in [5.74, 6) is 1.63. The zero-order valence-corrected chi connectivity index (χ0v) is 16.3. The van der Waals surface area contributed by atoms with Crippen molar-refractivity contribution in [3.05, 3.63) is 11.7 Å². The molecule has 0 spiro atoms. The first kappa shape index (κ1) is 18.8. The summed E-state index contributed by atoms with van der Waals surface area (Å²) in [5.41, 5.74) is 5.06. The van der Waals surface area contributed by atoms with Gasteiger partial charge in [0.05, 0.1) is 7.11 Å². The highest BCUT2D eigenvalue weighted by atomic mass is 31.1. The number of methoxy groups -OCH3 is 1. The summed E-state index contributed by atoms with van der Waals surface area (Å²) < 4.78 is 14.9. The maximum atomic E-state index is 11.3. The molecule has 0 aliphatic carbocycles. The van der Waals surface area contributed by atoms with Crippen molar-refractivity contribution >= 4 is 28.1 Å². The first-order valence-electron chi connectivity index (χ1n) is 7.51. The Kier molecular flexibility index (Phi) is 6.75. The van der Waals surface area contributed by atoms with Crippen LogP contribution in [0.3, 0.4) is 0 Å². The van der Waals surface area contributed by atoms with Crippen molar-refractivity contribution in [2.24, 2.45) is 9.85 Å². The minimum absolute atomic E-state index is 0.482. The number of carbonyl (C=O) groups excluding carboxylic acids is 1. The van der Waals surface area contributed by atoms with Gasteiger partial charge in [-0.1, -0.05) is 41.5 Å². The molecule has 1 rings (SSSR count). The number of nitrogens with zero attached hydrogens (tertiary/aromatic N) is 2. The minimum atomic E-state index is -1.99. The molecule has 0 saturated heterocycles. The van der Waals surface area contributed by atoms with Crippen LogP contribution in [0.25, 0.3) is 0 Å². The van der Waals surface area contributed by atoms with Crippen molar-refractivity contribution in [3.8, 4) is 0 Å². The molecule has 1 N–H and O–H groups in total. The zero-order chi connectivity index (χ0) is 16.9. The maximum absolute atomic E-state index is 11.3. The van der Waals surface area contributed by atoms with Crippen molar-refractivity contribution in [1.29, 1.82) is 0 Å². The highest BCUT2D eigenvalue weighted by Crippen LogP contribution is 2.44. The van der Waals surface area contributed by atoms with E-state index in [1.54, 1.807) is 12.2 Å². The van der Waals surface area contributed by atoms with Crippen LogP contribution in [0.15, 0.2) is 21.5 Å². The van der Waals surface area contributed by atoms with Crippen LogP contribution in [0.5, 0.6) is 0 Å². The molecule has 0 fully saturated rings. The smallest absolute Gasteiger partial charge is 0.472 e. The predicted octanol–water partition coefficient (Wildman–Crippen LogP) is 4.96. The van der Waals surface area contributed by atoms with Crippen LogP contribution in [-0.4, -0.2) is 27.5 Å². The molecule has 1 heterocycles. The summed E-state index contributed by atoms with van der Waals surface area (Å²) in [6.07, 6.45) is 1.14. The molecule has 0 aromatic carbocycles. The van der Waals surface area contributed by atoms with E-state index in [-0.39, 0.29) is 0 Å². The van der Waals surface area contributed by atoms with Crippen LogP contribution >= 0.6 is 7.71 Å². The molecule has 1 amide bonds. The normalized spacial score (nSPS) is 18.6. The fourth-order valence-corrected chi connectivity index (χ4v) is 9.39. The number of hydrogen-bond donors (Lipinski definition) is 1. The Bertz CT molecular complexity index is 480. The molecule has 1 aliphatic heterocycles. The lowest BCUT2D eigenvalue weighted by Gasteiger charge is -2.40. The second kappa shape index (κ2) is 7.88. The average molecular weight is 344 g/mol. The number of hydrogen-bond acceptors (Lipinski definition) is 5. The van der Waals surface area contributed by atoms with E-state index in [0.29, 0.717) is 16.6 Å². The van der Waals surface area contributed by atoms with Crippen LogP contribution in [0.1, 0.15) is 41.5 Å². The molecule has 0 aromatic heterocycles. The SMILES string of the molecule is COC(=O)N=[P+]1C=NN/C1=C\O[Si](C(C)C)(C(C)C)C(C)C. The Morgan fingerprint density at radius 2 is 1.82 bits per heavy atom. The van der Waals surface area contributed by atoms with E-state index in [0.717, 1.165) is 5.44 Å². The number of amides is 1. The molecular formula is C14H27N3O3PSi+. The number of carbonyl (C=O) groups is 1. The number of nitrogens with one attached hydrogen (secondary N) is 1. The molecule has 0 saturated carbocycles. The summed E-state index contributed by atoms with van der Waals surface area (Å²) in [6, 6.07) is 0. The Balaban J connectivity index is 3.06. The van der Waals surface area contributed by atoms with Crippen molar-refractivity contribution in [2.45, 2.75) is 58.2 Å². The molecule has 6 nitrogen and oxygen atoms in total. The van der Waals surface area contributed by atoms with E-state index in [1.165, 1.54) is 7.11 Å². The molecule has 0 bridgehead atoms. The molecule has 1 unspecified atom stereocenters. The molecule has 1 aliphatic rings. The van der Waals surface area contributed by atoms with Gasteiger partial charge in [-0.2, -0.15) is 0 Å². The van der Waals surface area contributed by atoms with Gasteiger partial charge in [0.1, 0.15) is 6.26 Å². The number of rotatable bonds is 5. The van der Waals surface area contributed by atoms with E-state index in [1.807, 2.05) is 0 Å². The van der Waals surface area contributed by atoms with Gasteiger partial charge in [-0.05, 0) is 16.6 Å². The fraction of sp³-hybridized carbons (Fsp3) is 0.714. The van der Waals surface area contributed by atoms with Crippen LogP contribution in [0, 0.1) is 0 Å². The molecule has 0 radical (unpaired) electrons. The molecule has 1 atom stereocenters. The van der Waals surface area contributed by atoms with E-state index in [2.05, 4.69) is 61.6 Å². The molecule has 124 valence electrons. The maximum Gasteiger partial charge on any atom is 0.472 e. The summed E-state index contributed by atoms with van der Waals surface area (Å²) in [5, 5.41) is 3.99. The van der Waals surface area contributed by atoms with E-state index >= 15 is 0 Å². The van der Waals surface area contributed by atoms with Crippen molar-refractivity contribution < 1.29 is 14.0 Å². The van der Waals surface area contributed by atoms with Crippen LogP contribution in [0.4, 0.5) is 4.79 Å². The molecular weight excluding hydrogens is 317 g/mol. The fourth-order valence-electron chi connectivity index (χ4n) is 3.12. The summed E-state index contributed by atoms with van der Waals surface area (Å²) in [7, 11) is -1.84. The Morgan fingerprint density at radius 1 is 1.27 bits per heavy atom. The third-order valence-electron chi connectivity index (χ3n) is 4.04. The first-order valence-corrected chi connectivity index (χ1v) is 11.0. The quantitative estimate of drug-likeness (QED) is 0.435. The van der Waals surface area contributed by atoms with Crippen molar-refractivity contribution in [1.82, 2.24) is 5.43 Å². The van der Waals surface area contributed by atoms with Crippen molar-refractivity contribution in [2.75, 3.05) is 7.11 Å². The standard InChI is InChI=1S/C14H26N3O3PSi/c1-10(2)22(11(3)4,12(5)6)20-8-13-16-15-9-21(13)17-14(18)19-7/h8-12H,1-7H3/p+1/b13-8+. The molecule has 0 aromatic rings. The highest BCUT2D eigenvalue weighted by molar-refractivity contribution is 7.68. The van der Waals surface area contributed by atoms with Gasteiger partial charge in [-0.3, -0.25) is 0 Å². The number of hydrazone groups is 1. The van der Waals surface area contributed by atoms with Gasteiger partial charge < -0.3 is 9.16 Å². The highest BCUT2D eigenvalue weighted by Gasteiger charge is 2.46. The summed E-state index contributed by atoms with van der Waals surface area (Å²) in [6.45, 7) is 13.4. The lowest BCUT2D eigenvalue weighted by atomic mass is 10.5. The second-order valence-corrected chi connectivity index (χ2v) is 13.2. The Morgan fingerprint density at radius 3 is 2.27 bits per heavy atom. The average Bonchev–Trinajstić information content (AvgIpc) is 2.85. The Hall–Kier alpha value is -1.20. The van der Waals surface area contributed by atoms with Crippen LogP contribution in [-0.2, 0) is 9.16 Å². The minimum Gasteiger partial charge on any atom is -0.544 e. The predicted molar refractivity (Wildman–Crippen MR) is 93.6 cm³/mol. The second-order valence-electron chi connectivity index (χ2n) is 6.21. The van der Waals surface area contributed by atoms with Gasteiger partial charge >= 0.3 is 13.8 Å². The lowest BCUT2D eigenvalue weighted by molar-refractivity contribution is 0.183. The molecule has 22 heavy (non-hydrogen) atoms. The van der Waals surface area contributed by atoms with Gasteiger partial charge in [0.2, 0.25) is 5.96 Å². The van der Waals surface area contributed by atoms with E-state index in [4.69, 9.17) is 4.43 Å².